The van der Waals surface area contributed by atoms with Gasteiger partial charge in [0, 0.05) is 22.3 Å². The Morgan fingerprint density at radius 3 is 2.47 bits per heavy atom. The molecule has 0 atom stereocenters. The first-order chi connectivity index (χ1) is 14.3. The average Bonchev–Trinajstić information content (AvgIpc) is 3.18. The molecule has 0 radical (unpaired) electrons. The maximum atomic E-state index is 13.4. The molecule has 1 amide bonds. The Bertz CT molecular complexity index is 1350. The monoisotopic (exact) mass is 424 g/mol. The number of sulfonamides is 1. The van der Waals surface area contributed by atoms with Gasteiger partial charge in [-0.3, -0.25) is 14.6 Å². The third-order valence-electron chi connectivity index (χ3n) is 4.54. The number of H-pyrrole nitrogens is 1. The molecule has 152 valence electrons. The quantitative estimate of drug-likeness (QED) is 0.449. The summed E-state index contributed by atoms with van der Waals surface area (Å²) < 4.78 is 40.8. The van der Waals surface area contributed by atoms with Gasteiger partial charge >= 0.3 is 0 Å². The number of aromatic amines is 1. The van der Waals surface area contributed by atoms with Gasteiger partial charge in [0.05, 0.1) is 16.6 Å². The Kier molecular flexibility index (Phi) is 4.96. The summed E-state index contributed by atoms with van der Waals surface area (Å²) in [6, 6.07) is 14.9. The molecule has 4 rings (SSSR count). The van der Waals surface area contributed by atoms with Gasteiger partial charge in [-0.05, 0) is 73.2 Å². The minimum Gasteiger partial charge on any atom is -0.322 e. The summed E-state index contributed by atoms with van der Waals surface area (Å²) in [6.07, 6.45) is 1.66. The van der Waals surface area contributed by atoms with Crippen LogP contribution >= 0.6 is 0 Å². The van der Waals surface area contributed by atoms with Crippen LogP contribution in [0.5, 0.6) is 0 Å². The molecular weight excluding hydrogens is 407 g/mol. The molecule has 1 heterocycles. The number of hydrogen-bond acceptors (Lipinski definition) is 4. The smallest absolute Gasteiger partial charge is 0.261 e. The summed E-state index contributed by atoms with van der Waals surface area (Å²) in [5.41, 5.74) is 2.36. The Labute approximate surface area is 172 Å². The zero-order chi connectivity index (χ0) is 21.3. The van der Waals surface area contributed by atoms with Crippen LogP contribution in [-0.4, -0.2) is 24.5 Å². The van der Waals surface area contributed by atoms with Crippen molar-refractivity contribution in [2.75, 3.05) is 10.0 Å². The van der Waals surface area contributed by atoms with Crippen LogP contribution in [0.1, 0.15) is 15.9 Å². The van der Waals surface area contributed by atoms with E-state index in [0.29, 0.717) is 11.3 Å². The molecule has 0 spiro atoms. The van der Waals surface area contributed by atoms with Crippen molar-refractivity contribution in [3.05, 3.63) is 83.8 Å². The summed E-state index contributed by atoms with van der Waals surface area (Å²) in [7, 11) is -3.88. The number of nitrogens with one attached hydrogen (secondary N) is 3. The van der Waals surface area contributed by atoms with Crippen LogP contribution in [0.2, 0.25) is 0 Å². The van der Waals surface area contributed by atoms with E-state index in [1.54, 1.807) is 18.3 Å². The molecule has 7 nitrogen and oxygen atoms in total. The second-order valence-electron chi connectivity index (χ2n) is 6.72. The largest absolute Gasteiger partial charge is 0.322 e. The first kappa shape index (κ1) is 19.6. The van der Waals surface area contributed by atoms with Crippen LogP contribution < -0.4 is 10.0 Å². The second-order valence-corrected chi connectivity index (χ2v) is 8.40. The molecule has 0 fully saturated rings. The maximum Gasteiger partial charge on any atom is 0.261 e. The van der Waals surface area contributed by atoms with Crippen molar-refractivity contribution in [1.82, 2.24) is 10.2 Å². The molecule has 0 aliphatic carbocycles. The summed E-state index contributed by atoms with van der Waals surface area (Å²) in [6.45, 7) is 1.49. The lowest BCUT2D eigenvalue weighted by Gasteiger charge is -2.10. The number of carbonyl (C=O) groups is 1. The zero-order valence-electron chi connectivity index (χ0n) is 15.8. The predicted molar refractivity (Wildman–Crippen MR) is 112 cm³/mol. The maximum absolute atomic E-state index is 13.4. The van der Waals surface area contributed by atoms with Crippen LogP contribution in [0.25, 0.3) is 10.9 Å². The number of amides is 1. The molecule has 1 aromatic heterocycles. The van der Waals surface area contributed by atoms with E-state index in [9.17, 15) is 17.6 Å². The lowest BCUT2D eigenvalue weighted by atomic mass is 10.2. The third-order valence-corrected chi connectivity index (χ3v) is 5.92. The van der Waals surface area contributed by atoms with Gasteiger partial charge < -0.3 is 5.32 Å². The van der Waals surface area contributed by atoms with Crippen molar-refractivity contribution in [3.63, 3.8) is 0 Å². The van der Waals surface area contributed by atoms with E-state index >= 15 is 0 Å². The predicted octanol–water partition coefficient (Wildman–Crippen LogP) is 4.06. The molecular formula is C21H17FN4O3S. The second kappa shape index (κ2) is 7.60. The highest BCUT2D eigenvalue weighted by Gasteiger charge is 2.16. The summed E-state index contributed by atoms with van der Waals surface area (Å²) in [5.74, 6) is -0.808. The Morgan fingerprint density at radius 2 is 1.73 bits per heavy atom. The lowest BCUT2D eigenvalue weighted by molar-refractivity contribution is 0.102. The van der Waals surface area contributed by atoms with Gasteiger partial charge in [0.1, 0.15) is 5.82 Å². The molecule has 3 aromatic carbocycles. The molecule has 0 saturated carbocycles. The molecule has 0 saturated heterocycles. The van der Waals surface area contributed by atoms with Gasteiger partial charge in [0.15, 0.2) is 0 Å². The molecule has 4 aromatic rings. The molecule has 0 bridgehead atoms. The minimum absolute atomic E-state index is 0.0436. The average molecular weight is 424 g/mol. The van der Waals surface area contributed by atoms with Crippen LogP contribution in [-0.2, 0) is 10.0 Å². The lowest BCUT2D eigenvalue weighted by Crippen LogP contribution is -2.14. The zero-order valence-corrected chi connectivity index (χ0v) is 16.6. The van der Waals surface area contributed by atoms with E-state index in [1.165, 1.54) is 43.3 Å². The molecule has 0 aliphatic rings. The van der Waals surface area contributed by atoms with Crippen LogP contribution in [0, 0.1) is 12.7 Å². The van der Waals surface area contributed by atoms with E-state index in [4.69, 9.17) is 0 Å². The van der Waals surface area contributed by atoms with Crippen molar-refractivity contribution in [2.45, 2.75) is 11.8 Å². The number of halogens is 1. The molecule has 9 heteroatoms. The van der Waals surface area contributed by atoms with Crippen molar-refractivity contribution in [3.8, 4) is 0 Å². The normalized spacial score (nSPS) is 11.4. The fourth-order valence-electron chi connectivity index (χ4n) is 2.91. The van der Waals surface area contributed by atoms with Gasteiger partial charge in [0.25, 0.3) is 15.9 Å². The number of fused-ring (bicyclic) bond motifs is 1. The topological polar surface area (TPSA) is 104 Å². The summed E-state index contributed by atoms with van der Waals surface area (Å²) in [4.78, 5) is 12.4. The number of nitrogens with zero attached hydrogens (tertiary/aromatic N) is 1. The van der Waals surface area contributed by atoms with Crippen LogP contribution in [0.15, 0.2) is 71.8 Å². The van der Waals surface area contributed by atoms with Crippen LogP contribution in [0.4, 0.5) is 15.8 Å². The van der Waals surface area contributed by atoms with Crippen molar-refractivity contribution < 1.29 is 17.6 Å². The number of rotatable bonds is 5. The number of carbonyl (C=O) groups excluding carboxylic acids is 1. The highest BCUT2D eigenvalue weighted by Crippen LogP contribution is 2.20. The van der Waals surface area contributed by atoms with Gasteiger partial charge in [-0.15, -0.1) is 0 Å². The van der Waals surface area contributed by atoms with Gasteiger partial charge in [-0.1, -0.05) is 0 Å². The molecule has 3 N–H and O–H groups in total. The van der Waals surface area contributed by atoms with Gasteiger partial charge in [-0.25, -0.2) is 12.8 Å². The van der Waals surface area contributed by atoms with Crippen molar-refractivity contribution in [2.24, 2.45) is 0 Å². The Hall–Kier alpha value is -3.72. The van der Waals surface area contributed by atoms with E-state index in [-0.39, 0.29) is 22.1 Å². The summed E-state index contributed by atoms with van der Waals surface area (Å²) in [5, 5.41) is 10.4. The molecule has 30 heavy (non-hydrogen) atoms. The standard InChI is InChI=1S/C21H17FN4O3S/c1-13-10-18(7-8-19(13)22)30(28,29)26-16-4-2-14(3-5-16)21(27)24-17-6-9-20-15(11-17)12-23-25-20/h2-12,26H,1H3,(H,23,25)(H,24,27). The highest BCUT2D eigenvalue weighted by atomic mass is 32.2. The van der Waals surface area contributed by atoms with E-state index < -0.39 is 15.8 Å². The number of hydrogen-bond donors (Lipinski definition) is 3. The highest BCUT2D eigenvalue weighted by molar-refractivity contribution is 7.92. The Morgan fingerprint density at radius 1 is 1.00 bits per heavy atom. The number of anilines is 2. The number of aromatic nitrogens is 2. The van der Waals surface area contributed by atoms with Gasteiger partial charge in [0.2, 0.25) is 0 Å². The van der Waals surface area contributed by atoms with Crippen LogP contribution in [0.3, 0.4) is 0 Å². The van der Waals surface area contributed by atoms with E-state index in [2.05, 4.69) is 20.2 Å². The third kappa shape index (κ3) is 4.01. The first-order valence-electron chi connectivity index (χ1n) is 8.95. The van der Waals surface area contributed by atoms with E-state index in [1.807, 2.05) is 6.07 Å². The molecule has 0 unspecified atom stereocenters. The van der Waals surface area contributed by atoms with Crippen molar-refractivity contribution in [1.29, 1.82) is 0 Å². The van der Waals surface area contributed by atoms with Gasteiger partial charge in [-0.2, -0.15) is 5.10 Å². The van der Waals surface area contributed by atoms with Crippen molar-refractivity contribution >= 4 is 38.2 Å². The first-order valence-corrected chi connectivity index (χ1v) is 10.4. The van der Waals surface area contributed by atoms with E-state index in [0.717, 1.165) is 17.0 Å². The number of benzene rings is 3. The fourth-order valence-corrected chi connectivity index (χ4v) is 4.06. The summed E-state index contributed by atoms with van der Waals surface area (Å²) >= 11 is 0. The fraction of sp³-hybridized carbons (Fsp3) is 0.0476. The Balaban J connectivity index is 1.47. The number of aryl methyl sites for hydroxylation is 1. The minimum atomic E-state index is -3.88. The SMILES string of the molecule is Cc1cc(S(=O)(=O)Nc2ccc(C(=O)Nc3ccc4[nH]ncc4c3)cc2)ccc1F. The molecule has 0 aliphatic heterocycles.